The molecule has 0 amide bonds. The van der Waals surface area contributed by atoms with E-state index >= 15 is 0 Å². The van der Waals surface area contributed by atoms with Crippen molar-refractivity contribution in [3.05, 3.63) is 5.56 Å². The van der Waals surface area contributed by atoms with Gasteiger partial charge in [0.05, 0.1) is 5.60 Å². The highest BCUT2D eigenvalue weighted by atomic mass is 32.1. The fourth-order valence-corrected chi connectivity index (χ4v) is 3.60. The molecule has 2 aliphatic rings. The van der Waals surface area contributed by atoms with E-state index < -0.39 is 0 Å². The average molecular weight is 267 g/mol. The molecular formula is C13H21N3OS. The van der Waals surface area contributed by atoms with Crippen LogP contribution in [0.2, 0.25) is 0 Å². The first-order valence-electron chi connectivity index (χ1n) is 6.71. The molecule has 3 rings (SSSR count). The fraction of sp³-hybridized carbons (Fsp3) is 0.769. The Morgan fingerprint density at radius 2 is 2.17 bits per heavy atom. The third-order valence-electron chi connectivity index (χ3n) is 3.77. The summed E-state index contributed by atoms with van der Waals surface area (Å²) in [5.74, 6) is 1.38. The molecule has 1 saturated heterocycles. The van der Waals surface area contributed by atoms with Gasteiger partial charge >= 0.3 is 0 Å². The van der Waals surface area contributed by atoms with Gasteiger partial charge in [0.1, 0.15) is 10.8 Å². The Morgan fingerprint density at radius 3 is 2.83 bits per heavy atom. The highest BCUT2D eigenvalue weighted by Gasteiger charge is 2.33. The van der Waals surface area contributed by atoms with Crippen molar-refractivity contribution < 1.29 is 4.74 Å². The number of rotatable bonds is 3. The summed E-state index contributed by atoms with van der Waals surface area (Å²) in [6.45, 7) is 5.14. The van der Waals surface area contributed by atoms with Crippen LogP contribution in [-0.4, -0.2) is 22.6 Å². The summed E-state index contributed by atoms with van der Waals surface area (Å²) < 4.78 is 10.1. The van der Waals surface area contributed by atoms with E-state index in [1.807, 2.05) is 0 Å². The van der Waals surface area contributed by atoms with Gasteiger partial charge in [0.25, 0.3) is 0 Å². The van der Waals surface area contributed by atoms with Crippen molar-refractivity contribution in [3.8, 4) is 0 Å². The topological polar surface area (TPSA) is 60.2 Å². The Bertz CT molecular complexity index is 439. The molecule has 0 bridgehead atoms. The van der Waals surface area contributed by atoms with Crippen LogP contribution >= 0.6 is 11.5 Å². The van der Waals surface area contributed by atoms with Crippen LogP contribution in [0.3, 0.4) is 0 Å². The number of nitrogens with one attached hydrogen (secondary N) is 1. The predicted octanol–water partition coefficient (Wildman–Crippen LogP) is 2.97. The minimum atomic E-state index is -0.0219. The first-order chi connectivity index (χ1) is 8.55. The third-order valence-corrected chi connectivity index (χ3v) is 4.58. The second kappa shape index (κ2) is 4.38. The standard InChI is InChI=1S/C13H21N3OS/c1-13(2)7-9(5-6-17-13)15-12-10(8-3-4-8)11(14)16-18-12/h8-9,15H,3-7H2,1-2H3,(H2,14,16). The van der Waals surface area contributed by atoms with Crippen LogP contribution in [0, 0.1) is 0 Å². The van der Waals surface area contributed by atoms with Crippen LogP contribution in [0.5, 0.6) is 0 Å². The van der Waals surface area contributed by atoms with Crippen molar-refractivity contribution in [1.82, 2.24) is 4.37 Å². The van der Waals surface area contributed by atoms with Crippen molar-refractivity contribution in [2.45, 2.75) is 57.1 Å². The van der Waals surface area contributed by atoms with Crippen LogP contribution in [0.4, 0.5) is 10.8 Å². The second-order valence-corrected chi connectivity index (χ2v) is 6.80. The molecular weight excluding hydrogens is 246 g/mol. The van der Waals surface area contributed by atoms with Gasteiger partial charge in [-0.3, -0.25) is 0 Å². The highest BCUT2D eigenvalue weighted by Crippen LogP contribution is 2.48. The molecule has 0 radical (unpaired) electrons. The van der Waals surface area contributed by atoms with E-state index in [4.69, 9.17) is 10.5 Å². The number of aromatic nitrogens is 1. The van der Waals surface area contributed by atoms with E-state index in [2.05, 4.69) is 23.5 Å². The van der Waals surface area contributed by atoms with E-state index in [-0.39, 0.29) is 5.60 Å². The number of hydrogen-bond donors (Lipinski definition) is 2. The van der Waals surface area contributed by atoms with Gasteiger partial charge in [-0.25, -0.2) is 0 Å². The lowest BCUT2D eigenvalue weighted by atomic mass is 9.94. The molecule has 2 heterocycles. The summed E-state index contributed by atoms with van der Waals surface area (Å²) in [4.78, 5) is 0. The third kappa shape index (κ3) is 2.47. The van der Waals surface area contributed by atoms with Crippen molar-refractivity contribution >= 4 is 22.4 Å². The quantitative estimate of drug-likeness (QED) is 0.884. The highest BCUT2D eigenvalue weighted by molar-refractivity contribution is 7.10. The summed E-state index contributed by atoms with van der Waals surface area (Å²) in [6, 6.07) is 0.478. The van der Waals surface area contributed by atoms with E-state index in [0.29, 0.717) is 12.0 Å². The maximum atomic E-state index is 5.98. The van der Waals surface area contributed by atoms with Gasteiger partial charge in [-0.2, -0.15) is 4.37 Å². The number of nitrogen functional groups attached to an aromatic ring is 1. The van der Waals surface area contributed by atoms with Crippen LogP contribution in [0.25, 0.3) is 0 Å². The Labute approximate surface area is 112 Å². The summed E-state index contributed by atoms with van der Waals surface area (Å²) in [5, 5.41) is 4.84. The molecule has 4 nitrogen and oxygen atoms in total. The lowest BCUT2D eigenvalue weighted by Gasteiger charge is -2.36. The monoisotopic (exact) mass is 267 g/mol. The van der Waals surface area contributed by atoms with Gasteiger partial charge in [-0.05, 0) is 57.0 Å². The summed E-state index contributed by atoms with van der Waals surface area (Å²) in [5.41, 5.74) is 7.22. The molecule has 1 saturated carbocycles. The molecule has 18 heavy (non-hydrogen) atoms. The van der Waals surface area contributed by atoms with Crippen LogP contribution < -0.4 is 11.1 Å². The lowest BCUT2D eigenvalue weighted by molar-refractivity contribution is -0.0552. The lowest BCUT2D eigenvalue weighted by Crippen LogP contribution is -2.40. The van der Waals surface area contributed by atoms with Crippen LogP contribution in [-0.2, 0) is 4.74 Å². The van der Waals surface area contributed by atoms with Crippen LogP contribution in [0.1, 0.15) is 51.0 Å². The first-order valence-corrected chi connectivity index (χ1v) is 7.48. The molecule has 1 aliphatic carbocycles. The molecule has 0 aromatic carbocycles. The van der Waals surface area contributed by atoms with Gasteiger partial charge in [0.2, 0.25) is 0 Å². The van der Waals surface area contributed by atoms with Crippen molar-refractivity contribution in [1.29, 1.82) is 0 Å². The van der Waals surface area contributed by atoms with Gasteiger partial charge in [-0.1, -0.05) is 0 Å². The number of hydrogen-bond acceptors (Lipinski definition) is 5. The predicted molar refractivity (Wildman–Crippen MR) is 75.2 cm³/mol. The number of ether oxygens (including phenoxy) is 1. The van der Waals surface area contributed by atoms with E-state index in [0.717, 1.165) is 25.3 Å². The minimum absolute atomic E-state index is 0.0219. The van der Waals surface area contributed by atoms with Crippen molar-refractivity contribution in [2.75, 3.05) is 17.7 Å². The molecule has 5 heteroatoms. The molecule has 1 aromatic heterocycles. The normalized spacial score (nSPS) is 27.1. The van der Waals surface area contributed by atoms with E-state index in [1.54, 1.807) is 0 Å². The number of nitrogens with two attached hydrogens (primary N) is 1. The maximum absolute atomic E-state index is 5.98. The number of anilines is 2. The molecule has 100 valence electrons. The fourth-order valence-electron chi connectivity index (χ4n) is 2.72. The van der Waals surface area contributed by atoms with E-state index in [9.17, 15) is 0 Å². The zero-order valence-corrected chi connectivity index (χ0v) is 11.8. The molecule has 0 spiro atoms. The van der Waals surface area contributed by atoms with Gasteiger partial charge in [0.15, 0.2) is 0 Å². The molecule has 1 aliphatic heterocycles. The number of nitrogens with zero attached hydrogens (tertiary/aromatic N) is 1. The van der Waals surface area contributed by atoms with Crippen LogP contribution in [0.15, 0.2) is 0 Å². The molecule has 1 atom stereocenters. The molecule has 2 fully saturated rings. The SMILES string of the molecule is CC1(C)CC(Nc2snc(N)c2C2CC2)CCO1. The molecule has 1 aromatic rings. The van der Waals surface area contributed by atoms with Gasteiger partial charge in [0, 0.05) is 18.2 Å². The van der Waals surface area contributed by atoms with Crippen molar-refractivity contribution in [3.63, 3.8) is 0 Å². The molecule has 3 N–H and O–H groups in total. The zero-order chi connectivity index (χ0) is 12.8. The Kier molecular flexibility index (Phi) is 2.98. The average Bonchev–Trinajstić information content (AvgIpc) is 3.04. The maximum Gasteiger partial charge on any atom is 0.142 e. The second-order valence-electron chi connectivity index (χ2n) is 6.03. The summed E-state index contributed by atoms with van der Waals surface area (Å²) in [6.07, 6.45) is 4.62. The Balaban J connectivity index is 1.72. The first kappa shape index (κ1) is 12.2. The molecule has 1 unspecified atom stereocenters. The Hall–Kier alpha value is -0.810. The smallest absolute Gasteiger partial charge is 0.142 e. The minimum Gasteiger partial charge on any atom is -0.383 e. The van der Waals surface area contributed by atoms with E-state index in [1.165, 1.54) is 34.9 Å². The van der Waals surface area contributed by atoms with Gasteiger partial charge in [-0.15, -0.1) is 0 Å². The zero-order valence-electron chi connectivity index (χ0n) is 11.0. The van der Waals surface area contributed by atoms with Crippen molar-refractivity contribution in [2.24, 2.45) is 0 Å². The summed E-state index contributed by atoms with van der Waals surface area (Å²) >= 11 is 1.51. The van der Waals surface area contributed by atoms with Gasteiger partial charge < -0.3 is 15.8 Å². The Morgan fingerprint density at radius 1 is 1.39 bits per heavy atom. The largest absolute Gasteiger partial charge is 0.383 e. The summed E-state index contributed by atoms with van der Waals surface area (Å²) in [7, 11) is 0.